The van der Waals surface area contributed by atoms with Gasteiger partial charge in [-0.05, 0) is 18.6 Å². The molecule has 0 aliphatic rings. The van der Waals surface area contributed by atoms with E-state index in [1.165, 1.54) is 6.08 Å². The van der Waals surface area contributed by atoms with Crippen LogP contribution in [-0.4, -0.2) is 0 Å². The summed E-state index contributed by atoms with van der Waals surface area (Å²) < 4.78 is 11.9. The Morgan fingerprint density at radius 1 is 1.56 bits per heavy atom. The molecule has 0 aromatic heterocycles. The van der Waals surface area contributed by atoms with Gasteiger partial charge in [-0.1, -0.05) is 24.8 Å². The fourth-order valence-corrected chi connectivity index (χ4v) is 0.368. The third-order valence-electron chi connectivity index (χ3n) is 0.801. The lowest BCUT2D eigenvalue weighted by Crippen LogP contribution is -1.72. The van der Waals surface area contributed by atoms with Crippen molar-refractivity contribution in [1.82, 2.24) is 0 Å². The Balaban J connectivity index is 4.17. The summed E-state index contributed by atoms with van der Waals surface area (Å²) in [6, 6.07) is 0. The summed E-state index contributed by atoms with van der Waals surface area (Å²) in [6.07, 6.45) is 1.23. The molecule has 0 fully saturated rings. The van der Waals surface area contributed by atoms with Crippen molar-refractivity contribution >= 4 is 11.6 Å². The molecule has 0 aliphatic carbocycles. The molecule has 0 saturated heterocycles. The maximum absolute atomic E-state index is 11.9. The first kappa shape index (κ1) is 8.44. The van der Waals surface area contributed by atoms with Crippen molar-refractivity contribution in [2.45, 2.75) is 6.92 Å². The molecule has 0 N–H and O–H groups in total. The molecule has 50 valence electrons. The van der Waals surface area contributed by atoms with E-state index < -0.39 is 5.83 Å². The summed E-state index contributed by atoms with van der Waals surface area (Å²) in [4.78, 5) is 0. The van der Waals surface area contributed by atoms with Gasteiger partial charge in [-0.25, -0.2) is 4.39 Å². The minimum absolute atomic E-state index is 0.341. The topological polar surface area (TPSA) is 0 Å². The summed E-state index contributed by atoms with van der Waals surface area (Å²) in [6.45, 7) is 8.10. The van der Waals surface area contributed by atoms with Gasteiger partial charge in [0.05, 0.1) is 0 Å². The first-order valence-corrected chi connectivity index (χ1v) is 2.79. The van der Waals surface area contributed by atoms with Crippen LogP contribution in [0.4, 0.5) is 4.39 Å². The molecule has 2 heteroatoms. The summed E-state index contributed by atoms with van der Waals surface area (Å²) in [5.41, 5.74) is 0.601. The van der Waals surface area contributed by atoms with E-state index in [0.717, 1.165) is 0 Å². The Morgan fingerprint density at radius 2 is 2.00 bits per heavy atom. The fourth-order valence-electron chi connectivity index (χ4n) is 0.313. The molecule has 0 aromatic carbocycles. The van der Waals surface area contributed by atoms with Crippen molar-refractivity contribution in [3.05, 3.63) is 35.7 Å². The Morgan fingerprint density at radius 3 is 2.11 bits per heavy atom. The quantitative estimate of drug-likeness (QED) is 0.525. The van der Waals surface area contributed by atoms with Crippen LogP contribution in [0.2, 0.25) is 0 Å². The van der Waals surface area contributed by atoms with Crippen molar-refractivity contribution in [2.75, 3.05) is 0 Å². The highest BCUT2D eigenvalue weighted by atomic mass is 35.5. The molecule has 0 atom stereocenters. The lowest BCUT2D eigenvalue weighted by atomic mass is 10.3. The van der Waals surface area contributed by atoms with E-state index in [1.807, 2.05) is 0 Å². The van der Waals surface area contributed by atoms with E-state index in [-0.39, 0.29) is 0 Å². The number of hydrogen-bond acceptors (Lipinski definition) is 0. The normalized spacial score (nSPS) is 11.2. The predicted octanol–water partition coefficient (Wildman–Crippen LogP) is 3.17. The maximum Gasteiger partial charge on any atom is 0.116 e. The molecule has 0 aliphatic heterocycles. The molecular weight excluding hydrogens is 139 g/mol. The second kappa shape index (κ2) is 3.46. The second-order valence-corrected chi connectivity index (χ2v) is 2.14. The second-order valence-electron chi connectivity index (χ2n) is 1.68. The summed E-state index contributed by atoms with van der Waals surface area (Å²) in [5.74, 6) is -0.505. The van der Waals surface area contributed by atoms with Gasteiger partial charge in [0, 0.05) is 5.03 Å². The number of rotatable bonds is 2. The van der Waals surface area contributed by atoms with Crippen LogP contribution in [0.15, 0.2) is 35.7 Å². The van der Waals surface area contributed by atoms with Gasteiger partial charge < -0.3 is 0 Å². The van der Waals surface area contributed by atoms with Gasteiger partial charge in [0.25, 0.3) is 0 Å². The zero-order valence-corrected chi connectivity index (χ0v) is 6.00. The van der Waals surface area contributed by atoms with Gasteiger partial charge >= 0.3 is 0 Å². The number of halogens is 2. The molecule has 0 amide bonds. The lowest BCUT2D eigenvalue weighted by Gasteiger charge is -1.92. The Labute approximate surface area is 59.3 Å². The maximum atomic E-state index is 11.9. The highest BCUT2D eigenvalue weighted by Crippen LogP contribution is 2.12. The third-order valence-corrected chi connectivity index (χ3v) is 1.10. The molecule has 0 nitrogen and oxygen atoms in total. The third kappa shape index (κ3) is 3.98. The van der Waals surface area contributed by atoms with Gasteiger partial charge in [-0.3, -0.25) is 0 Å². The van der Waals surface area contributed by atoms with Crippen LogP contribution >= 0.6 is 11.6 Å². The van der Waals surface area contributed by atoms with E-state index >= 15 is 0 Å². The van der Waals surface area contributed by atoms with Crippen LogP contribution in [0.3, 0.4) is 0 Å². The highest BCUT2D eigenvalue weighted by Gasteiger charge is 1.90. The molecule has 0 unspecified atom stereocenters. The van der Waals surface area contributed by atoms with Crippen molar-refractivity contribution in [2.24, 2.45) is 0 Å². The van der Waals surface area contributed by atoms with E-state index in [0.29, 0.717) is 10.6 Å². The van der Waals surface area contributed by atoms with Crippen LogP contribution in [0.5, 0.6) is 0 Å². The zero-order valence-electron chi connectivity index (χ0n) is 5.25. The monoisotopic (exact) mass is 146 g/mol. The molecule has 0 bridgehead atoms. The van der Waals surface area contributed by atoms with Crippen molar-refractivity contribution in [3.8, 4) is 0 Å². The Kier molecular flexibility index (Phi) is 3.25. The first-order valence-electron chi connectivity index (χ1n) is 2.41. The molecule has 0 radical (unpaired) electrons. The predicted molar refractivity (Wildman–Crippen MR) is 39.0 cm³/mol. The van der Waals surface area contributed by atoms with E-state index in [2.05, 4.69) is 13.2 Å². The minimum Gasteiger partial charge on any atom is -0.208 e. The Hall–Kier alpha value is -0.560. The lowest BCUT2D eigenvalue weighted by molar-refractivity contribution is 0.670. The number of allylic oxidation sites excluding steroid dienone is 4. The highest BCUT2D eigenvalue weighted by molar-refractivity contribution is 6.31. The van der Waals surface area contributed by atoms with Crippen LogP contribution in [-0.2, 0) is 0 Å². The molecule has 0 spiro atoms. The van der Waals surface area contributed by atoms with E-state index in [9.17, 15) is 4.39 Å². The number of hydrogen-bond donors (Lipinski definition) is 0. The average molecular weight is 147 g/mol. The minimum atomic E-state index is -0.505. The van der Waals surface area contributed by atoms with Gasteiger partial charge in [-0.15, -0.1) is 0 Å². The molecular formula is C7H8ClF. The smallest absolute Gasteiger partial charge is 0.116 e. The van der Waals surface area contributed by atoms with Gasteiger partial charge in [0.2, 0.25) is 0 Å². The van der Waals surface area contributed by atoms with Gasteiger partial charge in [-0.2, -0.15) is 0 Å². The van der Waals surface area contributed by atoms with Crippen LogP contribution in [0.25, 0.3) is 0 Å². The van der Waals surface area contributed by atoms with Gasteiger partial charge in [0.15, 0.2) is 0 Å². The van der Waals surface area contributed by atoms with Crippen LogP contribution < -0.4 is 0 Å². The molecule has 0 saturated carbocycles. The molecule has 0 rings (SSSR count). The summed E-state index contributed by atoms with van der Waals surface area (Å²) in [7, 11) is 0. The average Bonchev–Trinajstić information content (AvgIpc) is 1.63. The summed E-state index contributed by atoms with van der Waals surface area (Å²) >= 11 is 5.40. The van der Waals surface area contributed by atoms with E-state index in [4.69, 9.17) is 11.6 Å². The standard InChI is InChI=1S/C7H8ClF/c1-5(7(3)8)4-6(2)9/h4H,2-3H2,1H3/b5-4-. The largest absolute Gasteiger partial charge is 0.208 e. The van der Waals surface area contributed by atoms with Crippen LogP contribution in [0.1, 0.15) is 6.92 Å². The van der Waals surface area contributed by atoms with E-state index in [1.54, 1.807) is 6.92 Å². The molecule has 0 heterocycles. The van der Waals surface area contributed by atoms with Crippen molar-refractivity contribution in [1.29, 1.82) is 0 Å². The van der Waals surface area contributed by atoms with Crippen molar-refractivity contribution < 1.29 is 4.39 Å². The SMILES string of the molecule is C=C(F)/C=C(/C)C(=C)Cl. The fraction of sp³-hybridized carbons (Fsp3) is 0.143. The Bertz CT molecular complexity index is 168. The van der Waals surface area contributed by atoms with Gasteiger partial charge in [0.1, 0.15) is 5.83 Å². The molecule has 0 aromatic rings. The first-order chi connectivity index (χ1) is 4.04. The van der Waals surface area contributed by atoms with Crippen LogP contribution in [0, 0.1) is 0 Å². The van der Waals surface area contributed by atoms with Crippen molar-refractivity contribution in [3.63, 3.8) is 0 Å². The summed E-state index contributed by atoms with van der Waals surface area (Å²) in [5, 5.41) is 0.341. The zero-order chi connectivity index (χ0) is 7.44. The molecule has 9 heavy (non-hydrogen) atoms.